The summed E-state index contributed by atoms with van der Waals surface area (Å²) >= 11 is 0. The molecule has 0 saturated carbocycles. The zero-order valence-electron chi connectivity index (χ0n) is 12.7. The Balaban J connectivity index is 1.50. The van der Waals surface area contributed by atoms with Crippen LogP contribution in [0.4, 0.5) is 5.69 Å². The van der Waals surface area contributed by atoms with Gasteiger partial charge in [-0.1, -0.05) is 28.5 Å². The van der Waals surface area contributed by atoms with Gasteiger partial charge in [-0.25, -0.2) is 4.63 Å². The molecule has 1 aliphatic rings. The molecule has 0 radical (unpaired) electrons. The quantitative estimate of drug-likeness (QED) is 0.906. The van der Waals surface area contributed by atoms with Crippen LogP contribution in [0, 0.1) is 6.92 Å². The van der Waals surface area contributed by atoms with E-state index in [1.54, 1.807) is 6.92 Å². The minimum Gasteiger partial charge on any atom is -0.370 e. The minimum atomic E-state index is -0.0518. The van der Waals surface area contributed by atoms with E-state index in [0.29, 0.717) is 17.9 Å². The number of para-hydroxylation sites is 1. The fraction of sp³-hybridized carbons (Fsp3) is 0.438. The van der Waals surface area contributed by atoms with Crippen LogP contribution in [0.15, 0.2) is 28.9 Å². The Bertz CT molecular complexity index is 653. The van der Waals surface area contributed by atoms with Gasteiger partial charge in [-0.05, 0) is 31.4 Å². The van der Waals surface area contributed by atoms with Gasteiger partial charge in [-0.3, -0.25) is 4.79 Å². The molecule has 0 saturated heterocycles. The van der Waals surface area contributed by atoms with E-state index in [1.165, 1.54) is 11.3 Å². The van der Waals surface area contributed by atoms with E-state index in [-0.39, 0.29) is 12.3 Å². The molecule has 2 aromatic rings. The van der Waals surface area contributed by atoms with Gasteiger partial charge in [0.15, 0.2) is 0 Å². The van der Waals surface area contributed by atoms with Crippen LogP contribution in [0.2, 0.25) is 0 Å². The van der Waals surface area contributed by atoms with Crippen LogP contribution in [-0.2, 0) is 17.6 Å². The highest BCUT2D eigenvalue weighted by Crippen LogP contribution is 2.25. The second kappa shape index (κ2) is 6.60. The second-order valence-electron chi connectivity index (χ2n) is 5.54. The molecule has 2 heterocycles. The molecule has 22 heavy (non-hydrogen) atoms. The molecule has 6 heteroatoms. The zero-order chi connectivity index (χ0) is 15.4. The van der Waals surface area contributed by atoms with Gasteiger partial charge in [0.25, 0.3) is 0 Å². The summed E-state index contributed by atoms with van der Waals surface area (Å²) in [5.74, 6) is -0.0518. The molecule has 0 bridgehead atoms. The molecule has 0 spiro atoms. The third-order valence-corrected chi connectivity index (χ3v) is 3.98. The summed E-state index contributed by atoms with van der Waals surface area (Å²) in [4.78, 5) is 14.2. The SMILES string of the molecule is Cc1nonc1CC(=O)NCCN1CCCc2ccccc21. The van der Waals surface area contributed by atoms with Crippen LogP contribution >= 0.6 is 0 Å². The average Bonchev–Trinajstić information content (AvgIpc) is 2.93. The first-order valence-electron chi connectivity index (χ1n) is 7.61. The predicted molar refractivity (Wildman–Crippen MR) is 82.7 cm³/mol. The number of nitrogens with one attached hydrogen (secondary N) is 1. The number of nitrogens with zero attached hydrogens (tertiary/aromatic N) is 3. The van der Waals surface area contributed by atoms with Gasteiger partial charge < -0.3 is 10.2 Å². The van der Waals surface area contributed by atoms with Crippen LogP contribution in [0.1, 0.15) is 23.4 Å². The van der Waals surface area contributed by atoms with Gasteiger partial charge in [-0.15, -0.1) is 0 Å². The summed E-state index contributed by atoms with van der Waals surface area (Å²) in [6.07, 6.45) is 2.51. The summed E-state index contributed by atoms with van der Waals surface area (Å²) in [7, 11) is 0. The zero-order valence-corrected chi connectivity index (χ0v) is 12.7. The highest BCUT2D eigenvalue weighted by Gasteiger charge is 2.16. The third kappa shape index (κ3) is 3.27. The van der Waals surface area contributed by atoms with Gasteiger partial charge in [0.2, 0.25) is 5.91 Å². The maximum atomic E-state index is 11.9. The Morgan fingerprint density at radius 1 is 1.36 bits per heavy atom. The van der Waals surface area contributed by atoms with E-state index in [9.17, 15) is 4.79 Å². The van der Waals surface area contributed by atoms with Gasteiger partial charge >= 0.3 is 0 Å². The lowest BCUT2D eigenvalue weighted by molar-refractivity contribution is -0.120. The van der Waals surface area contributed by atoms with Crippen molar-refractivity contribution < 1.29 is 9.42 Å². The molecule has 3 rings (SSSR count). The number of aryl methyl sites for hydroxylation is 2. The van der Waals surface area contributed by atoms with Crippen molar-refractivity contribution in [1.29, 1.82) is 0 Å². The third-order valence-electron chi connectivity index (χ3n) is 3.98. The summed E-state index contributed by atoms with van der Waals surface area (Å²) in [6.45, 7) is 4.26. The Kier molecular flexibility index (Phi) is 4.37. The number of anilines is 1. The monoisotopic (exact) mass is 300 g/mol. The van der Waals surface area contributed by atoms with E-state index >= 15 is 0 Å². The standard InChI is InChI=1S/C16H20N4O2/c1-12-14(19-22-18-12)11-16(21)17-8-10-20-9-4-6-13-5-2-3-7-15(13)20/h2-3,5,7H,4,6,8-11H2,1H3,(H,17,21). The number of hydrogen-bond acceptors (Lipinski definition) is 5. The average molecular weight is 300 g/mol. The number of carbonyl (C=O) groups excluding carboxylic acids is 1. The molecule has 1 N–H and O–H groups in total. The first-order chi connectivity index (χ1) is 10.7. The van der Waals surface area contributed by atoms with Gasteiger partial charge in [0.1, 0.15) is 11.4 Å². The van der Waals surface area contributed by atoms with Crippen molar-refractivity contribution in [3.8, 4) is 0 Å². The fourth-order valence-corrected chi connectivity index (χ4v) is 2.80. The highest BCUT2D eigenvalue weighted by molar-refractivity contribution is 5.78. The Hall–Kier alpha value is -2.37. The molecule has 0 fully saturated rings. The Labute approximate surface area is 129 Å². The smallest absolute Gasteiger partial charge is 0.226 e. The molecule has 1 aliphatic heterocycles. The topological polar surface area (TPSA) is 71.3 Å². The highest BCUT2D eigenvalue weighted by atomic mass is 16.6. The summed E-state index contributed by atoms with van der Waals surface area (Å²) in [5, 5.41) is 10.3. The molecular formula is C16H20N4O2. The van der Waals surface area contributed by atoms with Crippen molar-refractivity contribution in [2.45, 2.75) is 26.2 Å². The largest absolute Gasteiger partial charge is 0.370 e. The number of amides is 1. The van der Waals surface area contributed by atoms with Gasteiger partial charge in [-0.2, -0.15) is 0 Å². The van der Waals surface area contributed by atoms with Gasteiger partial charge in [0, 0.05) is 25.3 Å². The minimum absolute atomic E-state index is 0.0518. The predicted octanol–water partition coefficient (Wildman–Crippen LogP) is 1.49. The van der Waals surface area contributed by atoms with E-state index in [0.717, 1.165) is 25.9 Å². The van der Waals surface area contributed by atoms with Crippen molar-refractivity contribution in [1.82, 2.24) is 15.6 Å². The molecule has 0 atom stereocenters. The molecule has 116 valence electrons. The molecular weight excluding hydrogens is 280 g/mol. The lowest BCUT2D eigenvalue weighted by Gasteiger charge is -2.31. The van der Waals surface area contributed by atoms with Crippen LogP contribution in [0.5, 0.6) is 0 Å². The van der Waals surface area contributed by atoms with Crippen molar-refractivity contribution in [3.63, 3.8) is 0 Å². The normalized spacial score (nSPS) is 13.8. The van der Waals surface area contributed by atoms with Crippen molar-refractivity contribution in [2.75, 3.05) is 24.5 Å². The van der Waals surface area contributed by atoms with E-state index in [4.69, 9.17) is 0 Å². The number of fused-ring (bicyclic) bond motifs is 1. The molecule has 1 aromatic carbocycles. The van der Waals surface area contributed by atoms with Crippen molar-refractivity contribution in [2.24, 2.45) is 0 Å². The summed E-state index contributed by atoms with van der Waals surface area (Å²) in [5.41, 5.74) is 3.95. The summed E-state index contributed by atoms with van der Waals surface area (Å²) in [6, 6.07) is 8.48. The second-order valence-corrected chi connectivity index (χ2v) is 5.54. The van der Waals surface area contributed by atoms with Crippen molar-refractivity contribution >= 4 is 11.6 Å². The number of aromatic nitrogens is 2. The van der Waals surface area contributed by atoms with Crippen LogP contribution < -0.4 is 10.2 Å². The molecule has 0 unspecified atom stereocenters. The van der Waals surface area contributed by atoms with E-state index in [2.05, 4.69) is 49.4 Å². The Morgan fingerprint density at radius 2 is 2.23 bits per heavy atom. The first kappa shape index (κ1) is 14.6. The Morgan fingerprint density at radius 3 is 3.05 bits per heavy atom. The molecule has 1 amide bonds. The fourth-order valence-electron chi connectivity index (χ4n) is 2.80. The molecule has 1 aromatic heterocycles. The summed E-state index contributed by atoms with van der Waals surface area (Å²) < 4.78 is 4.60. The van der Waals surface area contributed by atoms with Crippen LogP contribution in [0.3, 0.4) is 0 Å². The van der Waals surface area contributed by atoms with Gasteiger partial charge in [0.05, 0.1) is 6.42 Å². The first-order valence-corrected chi connectivity index (χ1v) is 7.61. The molecule has 0 aliphatic carbocycles. The number of hydrogen-bond donors (Lipinski definition) is 1. The van der Waals surface area contributed by atoms with Crippen LogP contribution in [-0.4, -0.2) is 35.9 Å². The maximum Gasteiger partial charge on any atom is 0.226 e. The number of rotatable bonds is 5. The maximum absolute atomic E-state index is 11.9. The lowest BCUT2D eigenvalue weighted by Crippen LogP contribution is -2.38. The van der Waals surface area contributed by atoms with E-state index in [1.807, 2.05) is 0 Å². The number of carbonyl (C=O) groups is 1. The molecule has 6 nitrogen and oxygen atoms in total. The van der Waals surface area contributed by atoms with Crippen molar-refractivity contribution in [3.05, 3.63) is 41.2 Å². The van der Waals surface area contributed by atoms with E-state index < -0.39 is 0 Å². The number of benzene rings is 1. The lowest BCUT2D eigenvalue weighted by atomic mass is 10.0. The van der Waals surface area contributed by atoms with Crippen LogP contribution in [0.25, 0.3) is 0 Å².